The lowest BCUT2D eigenvalue weighted by Crippen LogP contribution is -2.24. The number of hydrogen-bond donors (Lipinski definition) is 0. The number of benzene rings is 1. The number of carbonyl (C=O) groups excluding carboxylic acids is 1. The molecule has 2 aromatic heterocycles. The van der Waals surface area contributed by atoms with Crippen molar-refractivity contribution in [3.05, 3.63) is 51.4 Å². The van der Waals surface area contributed by atoms with E-state index in [1.807, 2.05) is 12.3 Å². The van der Waals surface area contributed by atoms with Crippen LogP contribution < -0.4 is 5.56 Å². The standard InChI is InChI=1S/C19H20N2O2S/c1-4-14-5-7-15(8-6-14)16-11-24-18-17(16)19(23)21(13(3)20-18)10-9-12(2)22/h5-8,11H,4,9-10H2,1-3H3. The predicted octanol–water partition coefficient (Wildman–Crippen LogP) is 3.97. The van der Waals surface area contributed by atoms with Gasteiger partial charge in [0.2, 0.25) is 0 Å². The number of rotatable bonds is 5. The molecule has 24 heavy (non-hydrogen) atoms. The highest BCUT2D eigenvalue weighted by Gasteiger charge is 2.15. The Morgan fingerprint density at radius 1 is 1.25 bits per heavy atom. The van der Waals surface area contributed by atoms with Crippen LogP contribution in [0.5, 0.6) is 0 Å². The molecule has 0 saturated carbocycles. The van der Waals surface area contributed by atoms with Gasteiger partial charge >= 0.3 is 0 Å². The SMILES string of the molecule is CCc1ccc(-c2csc3nc(C)n(CCC(C)=O)c(=O)c23)cc1. The Labute approximate surface area is 144 Å². The summed E-state index contributed by atoms with van der Waals surface area (Å²) in [5, 5.41) is 2.65. The van der Waals surface area contributed by atoms with Gasteiger partial charge < -0.3 is 0 Å². The van der Waals surface area contributed by atoms with Crippen LogP contribution in [0.4, 0.5) is 0 Å². The zero-order valence-corrected chi connectivity index (χ0v) is 14.9. The normalized spacial score (nSPS) is 11.1. The van der Waals surface area contributed by atoms with E-state index in [9.17, 15) is 9.59 Å². The van der Waals surface area contributed by atoms with E-state index in [0.717, 1.165) is 22.4 Å². The lowest BCUT2D eigenvalue weighted by atomic mass is 10.0. The van der Waals surface area contributed by atoms with Crippen LogP contribution in [0.3, 0.4) is 0 Å². The second kappa shape index (κ2) is 6.69. The summed E-state index contributed by atoms with van der Waals surface area (Å²) in [6, 6.07) is 8.29. The van der Waals surface area contributed by atoms with Crippen LogP contribution in [0, 0.1) is 6.92 Å². The summed E-state index contributed by atoms with van der Waals surface area (Å²) >= 11 is 1.49. The van der Waals surface area contributed by atoms with Crippen molar-refractivity contribution in [2.45, 2.75) is 40.2 Å². The minimum Gasteiger partial charge on any atom is -0.300 e. The van der Waals surface area contributed by atoms with Crippen molar-refractivity contribution in [1.82, 2.24) is 9.55 Å². The molecule has 0 unspecified atom stereocenters. The number of hydrogen-bond acceptors (Lipinski definition) is 4. The zero-order chi connectivity index (χ0) is 17.3. The van der Waals surface area contributed by atoms with Gasteiger partial charge in [0.1, 0.15) is 16.4 Å². The molecule has 0 radical (unpaired) electrons. The summed E-state index contributed by atoms with van der Waals surface area (Å²) in [7, 11) is 0. The number of ketones is 1. The maximum atomic E-state index is 13.0. The molecule has 1 aromatic carbocycles. The highest BCUT2D eigenvalue weighted by molar-refractivity contribution is 7.17. The van der Waals surface area contributed by atoms with E-state index >= 15 is 0 Å². The Balaban J connectivity index is 2.14. The van der Waals surface area contributed by atoms with Crippen LogP contribution in [-0.2, 0) is 17.8 Å². The molecule has 124 valence electrons. The van der Waals surface area contributed by atoms with Crippen molar-refractivity contribution in [3.63, 3.8) is 0 Å². The first-order chi connectivity index (χ1) is 11.5. The number of Topliss-reactive ketones (excluding diaryl/α,β-unsaturated/α-hetero) is 1. The highest BCUT2D eigenvalue weighted by Crippen LogP contribution is 2.31. The minimum atomic E-state index is -0.0606. The van der Waals surface area contributed by atoms with Crippen molar-refractivity contribution in [2.75, 3.05) is 0 Å². The summed E-state index contributed by atoms with van der Waals surface area (Å²) in [4.78, 5) is 29.5. The molecule has 0 aliphatic heterocycles. The Bertz CT molecular complexity index is 952. The number of aromatic nitrogens is 2. The topological polar surface area (TPSA) is 52.0 Å². The molecule has 4 nitrogen and oxygen atoms in total. The number of fused-ring (bicyclic) bond motifs is 1. The van der Waals surface area contributed by atoms with E-state index in [1.165, 1.54) is 23.8 Å². The summed E-state index contributed by atoms with van der Waals surface area (Å²) < 4.78 is 1.61. The van der Waals surface area contributed by atoms with Gasteiger partial charge in [-0.1, -0.05) is 31.2 Å². The third-order valence-corrected chi connectivity index (χ3v) is 5.12. The molecule has 0 saturated heterocycles. The van der Waals surface area contributed by atoms with Gasteiger partial charge in [-0.3, -0.25) is 14.2 Å². The van der Waals surface area contributed by atoms with E-state index in [0.29, 0.717) is 24.2 Å². The molecule has 3 aromatic rings. The van der Waals surface area contributed by atoms with Crippen LogP contribution in [-0.4, -0.2) is 15.3 Å². The molecule has 2 heterocycles. The lowest BCUT2D eigenvalue weighted by Gasteiger charge is -2.09. The van der Waals surface area contributed by atoms with Crippen molar-refractivity contribution < 1.29 is 4.79 Å². The van der Waals surface area contributed by atoms with E-state index < -0.39 is 0 Å². The molecule has 3 rings (SSSR count). The number of carbonyl (C=O) groups is 1. The summed E-state index contributed by atoms with van der Waals surface area (Å²) in [6.45, 7) is 5.86. The van der Waals surface area contributed by atoms with E-state index in [4.69, 9.17) is 0 Å². The van der Waals surface area contributed by atoms with Gasteiger partial charge in [0.05, 0.1) is 5.39 Å². The van der Waals surface area contributed by atoms with E-state index in [1.54, 1.807) is 4.57 Å². The zero-order valence-electron chi connectivity index (χ0n) is 14.1. The van der Waals surface area contributed by atoms with Gasteiger partial charge in [0.15, 0.2) is 0 Å². The molecular weight excluding hydrogens is 320 g/mol. The fourth-order valence-electron chi connectivity index (χ4n) is 2.79. The van der Waals surface area contributed by atoms with Crippen molar-refractivity contribution in [1.29, 1.82) is 0 Å². The predicted molar refractivity (Wildman–Crippen MR) is 98.7 cm³/mol. The fourth-order valence-corrected chi connectivity index (χ4v) is 3.77. The Kier molecular flexibility index (Phi) is 4.62. The smallest absolute Gasteiger partial charge is 0.262 e. The largest absolute Gasteiger partial charge is 0.300 e. The van der Waals surface area contributed by atoms with Crippen LogP contribution >= 0.6 is 11.3 Å². The fraction of sp³-hybridized carbons (Fsp3) is 0.316. The molecule has 0 aliphatic carbocycles. The second-order valence-electron chi connectivity index (χ2n) is 5.95. The van der Waals surface area contributed by atoms with Gasteiger partial charge in [-0.25, -0.2) is 4.98 Å². The summed E-state index contributed by atoms with van der Waals surface area (Å²) in [6.07, 6.45) is 1.34. The third-order valence-electron chi connectivity index (χ3n) is 4.25. The average Bonchev–Trinajstić information content (AvgIpc) is 2.98. The first kappa shape index (κ1) is 16.6. The highest BCUT2D eigenvalue weighted by atomic mass is 32.1. The van der Waals surface area contributed by atoms with Crippen molar-refractivity contribution >= 4 is 27.3 Å². The first-order valence-electron chi connectivity index (χ1n) is 8.08. The summed E-state index contributed by atoms with van der Waals surface area (Å²) in [5.74, 6) is 0.727. The molecule has 0 N–H and O–H groups in total. The number of nitrogens with zero attached hydrogens (tertiary/aromatic N) is 2. The van der Waals surface area contributed by atoms with Gasteiger partial charge in [0, 0.05) is 23.9 Å². The van der Waals surface area contributed by atoms with Crippen LogP contribution in [0.15, 0.2) is 34.4 Å². The van der Waals surface area contributed by atoms with E-state index in [-0.39, 0.29) is 11.3 Å². The van der Waals surface area contributed by atoms with E-state index in [2.05, 4.69) is 36.2 Å². The number of aryl methyl sites for hydroxylation is 2. The molecule has 0 bridgehead atoms. The average molecular weight is 340 g/mol. The van der Waals surface area contributed by atoms with Gasteiger partial charge in [-0.2, -0.15) is 0 Å². The van der Waals surface area contributed by atoms with Crippen molar-refractivity contribution in [2.24, 2.45) is 0 Å². The molecule has 0 amide bonds. The lowest BCUT2D eigenvalue weighted by molar-refractivity contribution is -0.117. The Hall–Kier alpha value is -2.27. The molecule has 0 atom stereocenters. The molecule has 0 fully saturated rings. The molecule has 0 spiro atoms. The third kappa shape index (κ3) is 3.04. The summed E-state index contributed by atoms with van der Waals surface area (Å²) in [5.41, 5.74) is 3.16. The Morgan fingerprint density at radius 3 is 2.58 bits per heavy atom. The van der Waals surface area contributed by atoms with Crippen LogP contribution in [0.2, 0.25) is 0 Å². The monoisotopic (exact) mass is 340 g/mol. The minimum absolute atomic E-state index is 0.0606. The molecular formula is C19H20N2O2S. The number of thiophene rings is 1. The molecule has 5 heteroatoms. The molecule has 0 aliphatic rings. The maximum absolute atomic E-state index is 13.0. The van der Waals surface area contributed by atoms with Crippen molar-refractivity contribution in [3.8, 4) is 11.1 Å². The second-order valence-corrected chi connectivity index (χ2v) is 6.81. The van der Waals surface area contributed by atoms with Crippen LogP contribution in [0.25, 0.3) is 21.3 Å². The van der Waals surface area contributed by atoms with Gasteiger partial charge in [0.25, 0.3) is 5.56 Å². The van der Waals surface area contributed by atoms with Gasteiger partial charge in [-0.05, 0) is 31.4 Å². The van der Waals surface area contributed by atoms with Crippen LogP contribution in [0.1, 0.15) is 31.7 Å². The van der Waals surface area contributed by atoms with Gasteiger partial charge in [-0.15, -0.1) is 11.3 Å². The maximum Gasteiger partial charge on any atom is 0.262 e. The quantitative estimate of drug-likeness (QED) is 0.706. The first-order valence-corrected chi connectivity index (χ1v) is 8.96. The Morgan fingerprint density at radius 2 is 1.96 bits per heavy atom.